The summed E-state index contributed by atoms with van der Waals surface area (Å²) in [4.78, 5) is 0. The Morgan fingerprint density at radius 3 is 2.20 bits per heavy atom. The van der Waals surface area contributed by atoms with Crippen LogP contribution >= 0.6 is 24.0 Å². The van der Waals surface area contributed by atoms with E-state index in [9.17, 15) is 0 Å². The van der Waals surface area contributed by atoms with Gasteiger partial charge in [-0.15, -0.1) is 12.4 Å². The van der Waals surface area contributed by atoms with Crippen LogP contribution in [0.2, 0.25) is 5.02 Å². The summed E-state index contributed by atoms with van der Waals surface area (Å²) in [6.07, 6.45) is 9.71. The molecular formula is C17H25Cl2N. The first-order valence-electron chi connectivity index (χ1n) is 7.83. The average molecular weight is 314 g/mol. The Hall–Kier alpha value is -0.240. The molecule has 0 radical (unpaired) electrons. The summed E-state index contributed by atoms with van der Waals surface area (Å²) >= 11 is 6.05. The van der Waals surface area contributed by atoms with Crippen LogP contribution in [0, 0.1) is 5.92 Å². The standard InChI is InChI=1S/C17H24ClN.ClH/c18-15-10-8-14(9-11-15)17(13-5-1-2-6-13)16-7-3-4-12-19-16;/h8-11,13,16-17,19H,1-7,12H2;1H. The van der Waals surface area contributed by atoms with Crippen LogP contribution in [0.25, 0.3) is 0 Å². The van der Waals surface area contributed by atoms with Crippen molar-refractivity contribution in [2.45, 2.75) is 56.9 Å². The molecule has 1 heterocycles. The van der Waals surface area contributed by atoms with Gasteiger partial charge < -0.3 is 5.32 Å². The summed E-state index contributed by atoms with van der Waals surface area (Å²) in [7, 11) is 0. The van der Waals surface area contributed by atoms with Crippen molar-refractivity contribution in [3.05, 3.63) is 34.9 Å². The summed E-state index contributed by atoms with van der Waals surface area (Å²) in [6.45, 7) is 1.20. The van der Waals surface area contributed by atoms with E-state index in [-0.39, 0.29) is 12.4 Å². The van der Waals surface area contributed by atoms with E-state index in [2.05, 4.69) is 29.6 Å². The number of benzene rings is 1. The van der Waals surface area contributed by atoms with Crippen molar-refractivity contribution < 1.29 is 0 Å². The Labute approximate surface area is 133 Å². The average Bonchev–Trinajstić information content (AvgIpc) is 2.96. The molecule has 1 aliphatic carbocycles. The highest BCUT2D eigenvalue weighted by Gasteiger charge is 2.33. The molecule has 1 saturated heterocycles. The molecule has 1 aliphatic heterocycles. The molecule has 0 amide bonds. The van der Waals surface area contributed by atoms with Crippen LogP contribution in [-0.2, 0) is 0 Å². The lowest BCUT2D eigenvalue weighted by atomic mass is 9.77. The highest BCUT2D eigenvalue weighted by molar-refractivity contribution is 6.30. The Kier molecular flexibility index (Phi) is 6.20. The van der Waals surface area contributed by atoms with E-state index in [1.807, 2.05) is 0 Å². The first-order valence-corrected chi connectivity index (χ1v) is 8.21. The molecule has 3 heteroatoms. The van der Waals surface area contributed by atoms with Crippen LogP contribution in [0.3, 0.4) is 0 Å². The molecule has 0 bridgehead atoms. The second-order valence-electron chi connectivity index (χ2n) is 6.18. The van der Waals surface area contributed by atoms with Crippen LogP contribution < -0.4 is 5.32 Å². The summed E-state index contributed by atoms with van der Waals surface area (Å²) in [5.41, 5.74) is 1.50. The lowest BCUT2D eigenvalue weighted by Gasteiger charge is -2.35. The maximum Gasteiger partial charge on any atom is 0.0406 e. The normalized spacial score (nSPS) is 25.1. The molecule has 2 atom stereocenters. The van der Waals surface area contributed by atoms with E-state index in [0.717, 1.165) is 10.9 Å². The van der Waals surface area contributed by atoms with E-state index < -0.39 is 0 Å². The zero-order chi connectivity index (χ0) is 13.1. The van der Waals surface area contributed by atoms with Crippen LogP contribution in [0.5, 0.6) is 0 Å². The lowest BCUT2D eigenvalue weighted by molar-refractivity contribution is 0.283. The minimum atomic E-state index is 0. The fourth-order valence-electron chi connectivity index (χ4n) is 4.02. The van der Waals surface area contributed by atoms with Crippen molar-refractivity contribution >= 4 is 24.0 Å². The third-order valence-electron chi connectivity index (χ3n) is 4.94. The van der Waals surface area contributed by atoms with Gasteiger partial charge in [0.15, 0.2) is 0 Å². The second-order valence-corrected chi connectivity index (χ2v) is 6.61. The van der Waals surface area contributed by atoms with Gasteiger partial charge in [-0.2, -0.15) is 0 Å². The van der Waals surface area contributed by atoms with Crippen molar-refractivity contribution in [2.24, 2.45) is 5.92 Å². The molecule has 1 N–H and O–H groups in total. The first kappa shape index (κ1) is 16.1. The maximum atomic E-state index is 6.05. The largest absolute Gasteiger partial charge is 0.313 e. The summed E-state index contributed by atoms with van der Waals surface area (Å²) in [5.74, 6) is 1.57. The molecule has 2 aliphatic rings. The molecule has 20 heavy (non-hydrogen) atoms. The Balaban J connectivity index is 0.00000147. The van der Waals surface area contributed by atoms with Gasteiger partial charge in [-0.05, 0) is 55.8 Å². The van der Waals surface area contributed by atoms with Crippen LogP contribution in [0.4, 0.5) is 0 Å². The highest BCUT2D eigenvalue weighted by atomic mass is 35.5. The van der Waals surface area contributed by atoms with Crippen LogP contribution in [-0.4, -0.2) is 12.6 Å². The molecule has 2 unspecified atom stereocenters. The third kappa shape index (κ3) is 3.69. The van der Waals surface area contributed by atoms with Crippen molar-refractivity contribution in [2.75, 3.05) is 6.54 Å². The minimum absolute atomic E-state index is 0. The summed E-state index contributed by atoms with van der Waals surface area (Å²) < 4.78 is 0. The second kappa shape index (κ2) is 7.68. The van der Waals surface area contributed by atoms with Gasteiger partial charge in [0.05, 0.1) is 0 Å². The maximum absolute atomic E-state index is 6.05. The van der Waals surface area contributed by atoms with Gasteiger partial charge in [0, 0.05) is 17.0 Å². The molecular weight excluding hydrogens is 289 g/mol. The van der Waals surface area contributed by atoms with Crippen molar-refractivity contribution in [3.8, 4) is 0 Å². The van der Waals surface area contributed by atoms with Crippen LogP contribution in [0.15, 0.2) is 24.3 Å². The monoisotopic (exact) mass is 313 g/mol. The zero-order valence-electron chi connectivity index (χ0n) is 12.0. The summed E-state index contributed by atoms with van der Waals surface area (Å²) in [6, 6.07) is 9.30. The smallest absolute Gasteiger partial charge is 0.0406 e. The number of hydrogen-bond acceptors (Lipinski definition) is 1. The fraction of sp³-hybridized carbons (Fsp3) is 0.647. The number of halogens is 2. The molecule has 112 valence electrons. The van der Waals surface area contributed by atoms with E-state index in [1.165, 1.54) is 57.1 Å². The lowest BCUT2D eigenvalue weighted by Crippen LogP contribution is -2.41. The first-order chi connectivity index (χ1) is 9.34. The van der Waals surface area contributed by atoms with Gasteiger partial charge in [0.25, 0.3) is 0 Å². The van der Waals surface area contributed by atoms with Gasteiger partial charge >= 0.3 is 0 Å². The predicted molar refractivity (Wildman–Crippen MR) is 89.0 cm³/mol. The SMILES string of the molecule is Cl.Clc1ccc(C(C2CCCC2)C2CCCCN2)cc1. The Morgan fingerprint density at radius 1 is 0.950 bits per heavy atom. The molecule has 2 fully saturated rings. The molecule has 3 rings (SSSR count). The fourth-order valence-corrected chi connectivity index (χ4v) is 4.15. The molecule has 0 spiro atoms. The Morgan fingerprint density at radius 2 is 1.60 bits per heavy atom. The number of piperidine rings is 1. The van der Waals surface area contributed by atoms with Gasteiger partial charge in [-0.25, -0.2) is 0 Å². The Bertz CT molecular complexity index is 392. The summed E-state index contributed by atoms with van der Waals surface area (Å²) in [5, 5.41) is 4.63. The molecule has 1 aromatic rings. The highest BCUT2D eigenvalue weighted by Crippen LogP contribution is 2.41. The predicted octanol–water partition coefficient (Wildman–Crippen LogP) is 5.18. The van der Waals surface area contributed by atoms with E-state index in [0.29, 0.717) is 12.0 Å². The van der Waals surface area contributed by atoms with Gasteiger partial charge in [-0.3, -0.25) is 0 Å². The quantitative estimate of drug-likeness (QED) is 0.811. The van der Waals surface area contributed by atoms with E-state index in [1.54, 1.807) is 0 Å². The number of rotatable bonds is 3. The third-order valence-corrected chi connectivity index (χ3v) is 5.20. The van der Waals surface area contributed by atoms with Gasteiger partial charge in [-0.1, -0.05) is 43.0 Å². The molecule has 1 aromatic carbocycles. The van der Waals surface area contributed by atoms with Gasteiger partial charge in [0.2, 0.25) is 0 Å². The molecule has 0 aromatic heterocycles. The van der Waals surface area contributed by atoms with Crippen LogP contribution in [0.1, 0.15) is 56.4 Å². The van der Waals surface area contributed by atoms with Crippen molar-refractivity contribution in [1.29, 1.82) is 0 Å². The van der Waals surface area contributed by atoms with E-state index >= 15 is 0 Å². The number of nitrogens with one attached hydrogen (secondary N) is 1. The van der Waals surface area contributed by atoms with Crippen molar-refractivity contribution in [1.82, 2.24) is 5.32 Å². The van der Waals surface area contributed by atoms with Gasteiger partial charge in [0.1, 0.15) is 0 Å². The van der Waals surface area contributed by atoms with E-state index in [4.69, 9.17) is 11.6 Å². The number of hydrogen-bond donors (Lipinski definition) is 1. The van der Waals surface area contributed by atoms with Crippen molar-refractivity contribution in [3.63, 3.8) is 0 Å². The zero-order valence-corrected chi connectivity index (χ0v) is 13.6. The molecule has 1 saturated carbocycles. The topological polar surface area (TPSA) is 12.0 Å². The minimum Gasteiger partial charge on any atom is -0.313 e. The molecule has 1 nitrogen and oxygen atoms in total.